The Kier molecular flexibility index (Phi) is 6.38. The number of hydrogen-bond acceptors (Lipinski definition) is 5. The van der Waals surface area contributed by atoms with Gasteiger partial charge in [-0.25, -0.2) is 13.8 Å². The van der Waals surface area contributed by atoms with Crippen molar-refractivity contribution in [3.05, 3.63) is 71.6 Å². The number of amides is 1. The molecule has 166 valence electrons. The number of halogens is 2. The van der Waals surface area contributed by atoms with Crippen molar-refractivity contribution in [1.82, 2.24) is 14.9 Å². The summed E-state index contributed by atoms with van der Waals surface area (Å²) in [5.41, 5.74) is 5.58. The van der Waals surface area contributed by atoms with Gasteiger partial charge in [0.05, 0.1) is 11.0 Å². The summed E-state index contributed by atoms with van der Waals surface area (Å²) >= 11 is 0. The van der Waals surface area contributed by atoms with Crippen molar-refractivity contribution in [2.24, 2.45) is 5.73 Å². The van der Waals surface area contributed by atoms with Crippen molar-refractivity contribution in [3.63, 3.8) is 0 Å². The van der Waals surface area contributed by atoms with Crippen LogP contribution in [0.1, 0.15) is 29.9 Å². The van der Waals surface area contributed by atoms with Crippen LogP contribution in [0, 0.1) is 11.6 Å². The molecule has 3 rings (SSSR count). The van der Waals surface area contributed by atoms with Crippen LogP contribution in [-0.2, 0) is 10.2 Å². The monoisotopic (exact) mass is 439 g/mol. The van der Waals surface area contributed by atoms with E-state index in [4.69, 9.17) is 5.73 Å². The highest BCUT2D eigenvalue weighted by Crippen LogP contribution is 2.31. The summed E-state index contributed by atoms with van der Waals surface area (Å²) in [7, 11) is 1.64. The molecular weight excluding hydrogens is 416 g/mol. The number of nitrogens with two attached hydrogens (primary N) is 1. The van der Waals surface area contributed by atoms with Crippen LogP contribution in [-0.4, -0.2) is 28.8 Å². The van der Waals surface area contributed by atoms with Crippen LogP contribution in [0.25, 0.3) is 17.6 Å². The van der Waals surface area contributed by atoms with Crippen LogP contribution in [0.4, 0.5) is 20.3 Å². The number of aromatic nitrogens is 2. The number of benzene rings is 2. The average Bonchev–Trinajstić information content (AvgIpc) is 3.08. The molecule has 7 nitrogen and oxygen atoms in total. The lowest BCUT2D eigenvalue weighted by Gasteiger charge is -2.21. The van der Waals surface area contributed by atoms with Gasteiger partial charge >= 0.3 is 0 Å². The first kappa shape index (κ1) is 22.7. The fourth-order valence-corrected chi connectivity index (χ4v) is 3.09. The second kappa shape index (κ2) is 9.01. The van der Waals surface area contributed by atoms with Gasteiger partial charge in [-0.05, 0) is 43.7 Å². The molecule has 3 aromatic rings. The SMILES string of the molecule is CN/C=C\n1c(-c2c(F)cccc2F)nc(Nc2ccc(C(C)(C)C(N)=O)cc2)c1C=O. The molecule has 32 heavy (non-hydrogen) atoms. The molecule has 0 bridgehead atoms. The van der Waals surface area contributed by atoms with Crippen molar-refractivity contribution in [3.8, 4) is 11.4 Å². The van der Waals surface area contributed by atoms with E-state index in [1.807, 2.05) is 0 Å². The highest BCUT2D eigenvalue weighted by atomic mass is 19.1. The average molecular weight is 439 g/mol. The van der Waals surface area contributed by atoms with Crippen molar-refractivity contribution in [2.75, 3.05) is 12.4 Å². The van der Waals surface area contributed by atoms with E-state index in [-0.39, 0.29) is 22.9 Å². The van der Waals surface area contributed by atoms with Crippen LogP contribution >= 0.6 is 0 Å². The molecule has 0 fully saturated rings. The molecule has 2 aromatic carbocycles. The number of anilines is 2. The lowest BCUT2D eigenvalue weighted by atomic mass is 9.84. The number of carbonyl (C=O) groups is 2. The third-order valence-corrected chi connectivity index (χ3v) is 5.12. The third-order valence-electron chi connectivity index (χ3n) is 5.12. The highest BCUT2D eigenvalue weighted by Gasteiger charge is 2.27. The molecule has 0 saturated carbocycles. The molecular formula is C23H23F2N5O2. The molecule has 0 aliphatic rings. The zero-order valence-corrected chi connectivity index (χ0v) is 17.8. The Labute approximate surface area is 184 Å². The highest BCUT2D eigenvalue weighted by molar-refractivity contribution is 5.87. The van der Waals surface area contributed by atoms with Gasteiger partial charge in [-0.1, -0.05) is 18.2 Å². The Balaban J connectivity index is 2.08. The summed E-state index contributed by atoms with van der Waals surface area (Å²) in [6, 6.07) is 10.3. The minimum absolute atomic E-state index is 0.0655. The van der Waals surface area contributed by atoms with Crippen LogP contribution in [0.15, 0.2) is 48.7 Å². The molecule has 0 aliphatic carbocycles. The number of nitrogens with one attached hydrogen (secondary N) is 2. The molecule has 1 aromatic heterocycles. The zero-order chi connectivity index (χ0) is 23.5. The first-order valence-corrected chi connectivity index (χ1v) is 9.74. The first-order valence-electron chi connectivity index (χ1n) is 9.74. The number of hydrogen-bond donors (Lipinski definition) is 3. The third kappa shape index (κ3) is 4.22. The van der Waals surface area contributed by atoms with Gasteiger partial charge in [-0.15, -0.1) is 0 Å². The lowest BCUT2D eigenvalue weighted by molar-refractivity contribution is -0.122. The number of aldehydes is 1. The molecule has 0 saturated heterocycles. The predicted molar refractivity (Wildman–Crippen MR) is 119 cm³/mol. The van der Waals surface area contributed by atoms with Gasteiger partial charge in [0.15, 0.2) is 17.9 Å². The minimum Gasteiger partial charge on any atom is -0.393 e. The van der Waals surface area contributed by atoms with E-state index in [0.29, 0.717) is 17.5 Å². The van der Waals surface area contributed by atoms with E-state index < -0.39 is 23.0 Å². The summed E-state index contributed by atoms with van der Waals surface area (Å²) in [6.45, 7) is 3.43. The maximum Gasteiger partial charge on any atom is 0.227 e. The van der Waals surface area contributed by atoms with E-state index in [0.717, 1.165) is 12.1 Å². The Morgan fingerprint density at radius 3 is 2.28 bits per heavy atom. The fourth-order valence-electron chi connectivity index (χ4n) is 3.09. The lowest BCUT2D eigenvalue weighted by Crippen LogP contribution is -2.35. The molecule has 4 N–H and O–H groups in total. The van der Waals surface area contributed by atoms with Gasteiger partial charge in [-0.3, -0.25) is 14.2 Å². The Morgan fingerprint density at radius 2 is 1.75 bits per heavy atom. The molecule has 1 heterocycles. The maximum absolute atomic E-state index is 14.5. The number of nitrogens with zero attached hydrogens (tertiary/aromatic N) is 2. The van der Waals surface area contributed by atoms with Crippen LogP contribution in [0.2, 0.25) is 0 Å². The molecule has 9 heteroatoms. The van der Waals surface area contributed by atoms with Gasteiger partial charge in [-0.2, -0.15) is 0 Å². The molecule has 1 amide bonds. The van der Waals surface area contributed by atoms with E-state index in [1.165, 1.54) is 23.0 Å². The van der Waals surface area contributed by atoms with E-state index in [9.17, 15) is 18.4 Å². The molecule has 0 spiro atoms. The van der Waals surface area contributed by atoms with Gasteiger partial charge in [0.2, 0.25) is 5.91 Å². The van der Waals surface area contributed by atoms with Crippen LogP contribution in [0.3, 0.4) is 0 Å². The van der Waals surface area contributed by atoms with Crippen LogP contribution < -0.4 is 16.4 Å². The second-order valence-corrected chi connectivity index (χ2v) is 7.55. The van der Waals surface area contributed by atoms with Gasteiger partial charge < -0.3 is 16.4 Å². The summed E-state index contributed by atoms with van der Waals surface area (Å²) in [6.07, 6.45) is 3.49. The van der Waals surface area contributed by atoms with Crippen molar-refractivity contribution >= 4 is 29.9 Å². The topological polar surface area (TPSA) is 102 Å². The van der Waals surface area contributed by atoms with E-state index in [1.54, 1.807) is 45.2 Å². The van der Waals surface area contributed by atoms with Crippen molar-refractivity contribution in [1.29, 1.82) is 0 Å². The number of imidazole rings is 1. The summed E-state index contributed by atoms with van der Waals surface area (Å²) in [5, 5.41) is 5.77. The summed E-state index contributed by atoms with van der Waals surface area (Å²) in [5.74, 6) is -2.05. The molecule has 0 aliphatic heterocycles. The van der Waals surface area contributed by atoms with Crippen LogP contribution in [0.5, 0.6) is 0 Å². The normalized spacial score (nSPS) is 11.5. The molecule has 0 radical (unpaired) electrons. The Bertz CT molecular complexity index is 1160. The van der Waals surface area contributed by atoms with Crippen molar-refractivity contribution in [2.45, 2.75) is 19.3 Å². The quantitative estimate of drug-likeness (QED) is 0.464. The summed E-state index contributed by atoms with van der Waals surface area (Å²) < 4.78 is 30.2. The van der Waals surface area contributed by atoms with E-state index in [2.05, 4.69) is 15.6 Å². The maximum atomic E-state index is 14.5. The van der Waals surface area contributed by atoms with Gasteiger partial charge in [0.25, 0.3) is 0 Å². The standard InChI is InChI=1S/C23H23F2N5O2/c1-23(2,22(26)32)14-7-9-15(10-8-14)28-20-18(13-31)30(12-11-27-3)21(29-20)19-16(24)5-4-6-17(19)25/h4-13,27-28H,1-3H3,(H2,26,32)/b12-11-. The number of carbonyl (C=O) groups excluding carboxylic acids is 2. The number of rotatable bonds is 8. The molecule has 0 atom stereocenters. The van der Waals surface area contributed by atoms with Gasteiger partial charge in [0.1, 0.15) is 17.3 Å². The smallest absolute Gasteiger partial charge is 0.227 e. The Morgan fingerprint density at radius 1 is 1.12 bits per heavy atom. The predicted octanol–water partition coefficient (Wildman–Crippen LogP) is 3.79. The molecule has 0 unspecified atom stereocenters. The Hall–Kier alpha value is -4.01. The number of primary amides is 1. The van der Waals surface area contributed by atoms with E-state index >= 15 is 0 Å². The minimum atomic E-state index is -0.860. The first-order chi connectivity index (χ1) is 15.2. The largest absolute Gasteiger partial charge is 0.393 e. The van der Waals surface area contributed by atoms with Gasteiger partial charge in [0, 0.05) is 25.1 Å². The summed E-state index contributed by atoms with van der Waals surface area (Å²) in [4.78, 5) is 27.9. The van der Waals surface area contributed by atoms with Crippen molar-refractivity contribution < 1.29 is 18.4 Å². The fraction of sp³-hybridized carbons (Fsp3) is 0.174. The second-order valence-electron chi connectivity index (χ2n) is 7.55. The zero-order valence-electron chi connectivity index (χ0n) is 17.8.